The highest BCUT2D eigenvalue weighted by atomic mass is 32.1. The lowest BCUT2D eigenvalue weighted by Crippen LogP contribution is -2.47. The van der Waals surface area contributed by atoms with Gasteiger partial charge >= 0.3 is 0 Å². The van der Waals surface area contributed by atoms with Crippen molar-refractivity contribution in [3.63, 3.8) is 0 Å². The molecule has 0 fully saturated rings. The third-order valence-electron chi connectivity index (χ3n) is 5.61. The predicted octanol–water partition coefficient (Wildman–Crippen LogP) is 5.43. The average molecular weight is 445 g/mol. The second-order valence-electron chi connectivity index (χ2n) is 9.50. The van der Waals surface area contributed by atoms with E-state index in [-0.39, 0.29) is 35.6 Å². The van der Waals surface area contributed by atoms with Gasteiger partial charge in [0.2, 0.25) is 11.8 Å². The number of unbranched alkanes of at least 4 members (excludes halogenated alkanes) is 1. The molecule has 168 valence electrons. The van der Waals surface area contributed by atoms with Gasteiger partial charge in [-0.3, -0.25) is 9.59 Å². The van der Waals surface area contributed by atoms with E-state index in [0.717, 1.165) is 30.4 Å². The van der Waals surface area contributed by atoms with E-state index < -0.39 is 0 Å². The number of hydrogen-bond donors (Lipinski definition) is 0. The molecule has 1 aromatic carbocycles. The van der Waals surface area contributed by atoms with Gasteiger partial charge in [0, 0.05) is 24.4 Å². The Morgan fingerprint density at radius 3 is 2.55 bits per heavy atom. The van der Waals surface area contributed by atoms with Crippen LogP contribution in [0.25, 0.3) is 0 Å². The quantitative estimate of drug-likeness (QED) is 0.572. The highest BCUT2D eigenvalue weighted by Crippen LogP contribution is 2.38. The Kier molecular flexibility index (Phi) is 7.52. The van der Waals surface area contributed by atoms with Gasteiger partial charge in [-0.15, -0.1) is 11.3 Å². The third kappa shape index (κ3) is 5.94. The van der Waals surface area contributed by atoms with E-state index in [1.807, 2.05) is 25.7 Å². The topological polar surface area (TPSA) is 40.6 Å². The maximum atomic E-state index is 13.5. The van der Waals surface area contributed by atoms with Gasteiger partial charge in [-0.05, 0) is 53.0 Å². The molecule has 3 rings (SSSR count). The molecule has 0 saturated heterocycles. The van der Waals surface area contributed by atoms with Crippen molar-refractivity contribution in [1.82, 2.24) is 9.80 Å². The average Bonchev–Trinajstić information content (AvgIpc) is 3.18. The van der Waals surface area contributed by atoms with E-state index in [2.05, 4.69) is 18.4 Å². The summed E-state index contributed by atoms with van der Waals surface area (Å²) in [5, 5.41) is 2.05. The molecule has 2 aromatic rings. The van der Waals surface area contributed by atoms with E-state index in [9.17, 15) is 14.0 Å². The molecule has 2 heterocycles. The van der Waals surface area contributed by atoms with Crippen LogP contribution in [0.3, 0.4) is 0 Å². The van der Waals surface area contributed by atoms with Gasteiger partial charge in [0.1, 0.15) is 5.82 Å². The van der Waals surface area contributed by atoms with Crippen LogP contribution in [0.1, 0.15) is 69.0 Å². The highest BCUT2D eigenvalue weighted by Gasteiger charge is 2.34. The molecule has 0 spiro atoms. The van der Waals surface area contributed by atoms with Crippen LogP contribution in [0.4, 0.5) is 4.39 Å². The van der Waals surface area contributed by atoms with Crippen LogP contribution in [0.5, 0.6) is 0 Å². The maximum Gasteiger partial charge on any atom is 0.242 e. The number of carbonyl (C=O) groups is 2. The second kappa shape index (κ2) is 9.94. The Morgan fingerprint density at radius 1 is 1.19 bits per heavy atom. The molecule has 2 amide bonds. The number of benzene rings is 1. The second-order valence-corrected chi connectivity index (χ2v) is 10.5. The Bertz CT molecular complexity index is 901. The van der Waals surface area contributed by atoms with E-state index in [0.29, 0.717) is 19.5 Å². The standard InChI is InChI=1S/C25H33FN2O2S/c1-5-6-13-27(22(29)16-25(2,3)4)17-23(30)28-14-11-21-20(12-15-31-21)24(28)18-7-9-19(26)10-8-18/h7-10,12,15,24H,5-6,11,13-14,16-17H2,1-4H3. The van der Waals surface area contributed by atoms with Gasteiger partial charge in [-0.1, -0.05) is 46.2 Å². The van der Waals surface area contributed by atoms with Crippen LogP contribution >= 0.6 is 11.3 Å². The number of nitrogens with zero attached hydrogens (tertiary/aromatic N) is 2. The molecule has 1 atom stereocenters. The molecule has 0 N–H and O–H groups in total. The molecule has 1 aliphatic rings. The summed E-state index contributed by atoms with van der Waals surface area (Å²) in [6.45, 7) is 9.49. The van der Waals surface area contributed by atoms with Crippen LogP contribution in [-0.2, 0) is 16.0 Å². The highest BCUT2D eigenvalue weighted by molar-refractivity contribution is 7.10. The third-order valence-corrected chi connectivity index (χ3v) is 6.61. The number of thiophene rings is 1. The fourth-order valence-corrected chi connectivity index (χ4v) is 4.95. The van der Waals surface area contributed by atoms with Gasteiger partial charge in [0.25, 0.3) is 0 Å². The molecule has 6 heteroatoms. The SMILES string of the molecule is CCCCN(CC(=O)N1CCc2sccc2C1c1ccc(F)cc1)C(=O)CC(C)(C)C. The number of rotatable bonds is 7. The summed E-state index contributed by atoms with van der Waals surface area (Å²) in [7, 11) is 0. The van der Waals surface area contributed by atoms with E-state index in [1.165, 1.54) is 17.0 Å². The minimum Gasteiger partial charge on any atom is -0.333 e. The number of hydrogen-bond acceptors (Lipinski definition) is 3. The fourth-order valence-electron chi connectivity index (χ4n) is 4.05. The monoisotopic (exact) mass is 444 g/mol. The lowest BCUT2D eigenvalue weighted by atomic mass is 9.91. The number of carbonyl (C=O) groups excluding carboxylic acids is 2. The first-order valence-corrected chi connectivity index (χ1v) is 12.0. The molecule has 31 heavy (non-hydrogen) atoms. The fraction of sp³-hybridized carbons (Fsp3) is 0.520. The lowest BCUT2D eigenvalue weighted by Gasteiger charge is -2.38. The summed E-state index contributed by atoms with van der Waals surface area (Å²) in [6, 6.07) is 8.22. The summed E-state index contributed by atoms with van der Waals surface area (Å²) in [6.07, 6.45) is 3.06. The van der Waals surface area contributed by atoms with Crippen LogP contribution in [-0.4, -0.2) is 41.2 Å². The van der Waals surface area contributed by atoms with Gasteiger partial charge in [-0.2, -0.15) is 0 Å². The largest absolute Gasteiger partial charge is 0.333 e. The van der Waals surface area contributed by atoms with Crippen molar-refractivity contribution >= 4 is 23.2 Å². The Hall–Kier alpha value is -2.21. The van der Waals surface area contributed by atoms with Crippen LogP contribution in [0.15, 0.2) is 35.7 Å². The van der Waals surface area contributed by atoms with Crippen LogP contribution in [0, 0.1) is 11.2 Å². The summed E-state index contributed by atoms with van der Waals surface area (Å²) < 4.78 is 13.5. The molecular formula is C25H33FN2O2S. The van der Waals surface area contributed by atoms with Crippen molar-refractivity contribution in [2.45, 2.75) is 59.4 Å². The van der Waals surface area contributed by atoms with Gasteiger partial charge in [0.05, 0.1) is 12.6 Å². The molecule has 0 radical (unpaired) electrons. The van der Waals surface area contributed by atoms with Gasteiger partial charge in [0.15, 0.2) is 0 Å². The first-order valence-electron chi connectivity index (χ1n) is 11.1. The van der Waals surface area contributed by atoms with E-state index in [1.54, 1.807) is 28.4 Å². The Labute approximate surface area is 189 Å². The van der Waals surface area contributed by atoms with E-state index in [4.69, 9.17) is 0 Å². The molecule has 1 aliphatic heterocycles. The first kappa shape index (κ1) is 23.5. The van der Waals surface area contributed by atoms with Crippen molar-refractivity contribution in [3.05, 3.63) is 57.5 Å². The molecule has 1 aromatic heterocycles. The lowest BCUT2D eigenvalue weighted by molar-refractivity contribution is -0.142. The van der Waals surface area contributed by atoms with Crippen molar-refractivity contribution in [1.29, 1.82) is 0 Å². The van der Waals surface area contributed by atoms with Crippen LogP contribution < -0.4 is 0 Å². The summed E-state index contributed by atoms with van der Waals surface area (Å²) >= 11 is 1.70. The van der Waals surface area contributed by atoms with Crippen molar-refractivity contribution in [2.75, 3.05) is 19.6 Å². The van der Waals surface area contributed by atoms with E-state index >= 15 is 0 Å². The molecule has 0 bridgehead atoms. The first-order chi connectivity index (χ1) is 14.7. The molecule has 0 aliphatic carbocycles. The summed E-state index contributed by atoms with van der Waals surface area (Å²) in [5.74, 6) is -0.313. The normalized spacial score (nSPS) is 16.2. The van der Waals surface area contributed by atoms with Crippen molar-refractivity contribution < 1.29 is 14.0 Å². The number of halogens is 1. The Morgan fingerprint density at radius 2 is 1.90 bits per heavy atom. The maximum absolute atomic E-state index is 13.5. The number of fused-ring (bicyclic) bond motifs is 1. The van der Waals surface area contributed by atoms with Gasteiger partial charge < -0.3 is 9.80 Å². The van der Waals surface area contributed by atoms with Crippen molar-refractivity contribution in [3.8, 4) is 0 Å². The zero-order valence-electron chi connectivity index (χ0n) is 19.0. The summed E-state index contributed by atoms with van der Waals surface area (Å²) in [4.78, 5) is 31.3. The Balaban J connectivity index is 1.85. The molecule has 4 nitrogen and oxygen atoms in total. The summed E-state index contributed by atoms with van der Waals surface area (Å²) in [5.41, 5.74) is 1.88. The van der Waals surface area contributed by atoms with Gasteiger partial charge in [-0.25, -0.2) is 4.39 Å². The van der Waals surface area contributed by atoms with Crippen molar-refractivity contribution in [2.24, 2.45) is 5.41 Å². The smallest absolute Gasteiger partial charge is 0.242 e. The zero-order valence-corrected chi connectivity index (χ0v) is 19.8. The predicted molar refractivity (Wildman–Crippen MR) is 124 cm³/mol. The zero-order chi connectivity index (χ0) is 22.6. The molecular weight excluding hydrogens is 411 g/mol. The molecule has 1 unspecified atom stereocenters. The minimum atomic E-state index is -0.290. The van der Waals surface area contributed by atoms with Crippen LogP contribution in [0.2, 0.25) is 0 Å². The number of amides is 2. The minimum absolute atomic E-state index is 0.0286. The molecule has 0 saturated carbocycles.